The number of benzene rings is 2. The Morgan fingerprint density at radius 2 is 1.65 bits per heavy atom. The normalized spacial score (nSPS) is 12.2. The Labute approximate surface area is 233 Å². The molecule has 4 aromatic rings. The molecule has 212 valence electrons. The van der Waals surface area contributed by atoms with Crippen molar-refractivity contribution in [2.75, 3.05) is 27.2 Å². The van der Waals surface area contributed by atoms with Gasteiger partial charge in [0.2, 0.25) is 0 Å². The van der Waals surface area contributed by atoms with Gasteiger partial charge < -0.3 is 15.0 Å². The molecule has 0 spiro atoms. The summed E-state index contributed by atoms with van der Waals surface area (Å²) in [6.07, 6.45) is 0.949. The lowest BCUT2D eigenvalue weighted by molar-refractivity contribution is 0.0938. The molecule has 0 unspecified atom stereocenters. The average Bonchev–Trinajstić information content (AvgIpc) is 3.59. The number of rotatable bonds is 12. The summed E-state index contributed by atoms with van der Waals surface area (Å²) in [5.74, 6) is 0.423. The largest absolute Gasteiger partial charge is 0.492 e. The SMILES string of the molecule is CCn1ccc(-c2cc(-c3ccn(CC(F)F)n3)cc([C@@H](C)NC(=O)c3cc(OCCN(C)C)ccc3C)c2)n1. The Balaban J connectivity index is 1.62. The number of aryl methyl sites for hydroxylation is 2. The molecule has 0 bridgehead atoms. The standard InChI is InChI=1S/C30H36F2N6O2/c1-6-37-11-9-27(34-37)23-15-22(16-24(17-23)28-10-12-38(35-28)19-29(31)32)21(3)33-30(39)26-18-25(8-7-20(26)2)40-14-13-36(4)5/h7-12,15-18,21,29H,6,13-14,19H2,1-5H3,(H,33,39)/t21-/m1/s1. The van der Waals surface area contributed by atoms with E-state index in [4.69, 9.17) is 4.74 Å². The van der Waals surface area contributed by atoms with E-state index in [1.54, 1.807) is 18.3 Å². The third kappa shape index (κ3) is 7.32. The first-order valence-electron chi connectivity index (χ1n) is 13.3. The van der Waals surface area contributed by atoms with Gasteiger partial charge in [0.1, 0.15) is 18.9 Å². The second-order valence-corrected chi connectivity index (χ2v) is 10.0. The maximum absolute atomic E-state index is 13.4. The lowest BCUT2D eigenvalue weighted by Crippen LogP contribution is -2.27. The van der Waals surface area contributed by atoms with Gasteiger partial charge in [-0.1, -0.05) is 6.07 Å². The molecule has 0 aliphatic rings. The highest BCUT2D eigenvalue weighted by Crippen LogP contribution is 2.30. The molecule has 4 rings (SSSR count). The second kappa shape index (κ2) is 12.9. The average molecular weight is 551 g/mol. The predicted octanol–water partition coefficient (Wildman–Crippen LogP) is 5.44. The molecule has 0 aliphatic heterocycles. The Bertz CT molecular complexity index is 1450. The minimum absolute atomic E-state index is 0.216. The van der Waals surface area contributed by atoms with E-state index in [1.165, 1.54) is 4.68 Å². The van der Waals surface area contributed by atoms with Crippen molar-refractivity contribution in [1.82, 2.24) is 29.8 Å². The van der Waals surface area contributed by atoms with Crippen LogP contribution in [0.1, 0.15) is 41.4 Å². The van der Waals surface area contributed by atoms with Crippen molar-refractivity contribution in [1.29, 1.82) is 0 Å². The van der Waals surface area contributed by atoms with Gasteiger partial charge >= 0.3 is 0 Å². The molecule has 2 heterocycles. The van der Waals surface area contributed by atoms with Crippen LogP contribution < -0.4 is 10.1 Å². The highest BCUT2D eigenvalue weighted by atomic mass is 19.3. The fraction of sp³-hybridized carbons (Fsp3) is 0.367. The number of hydrogen-bond acceptors (Lipinski definition) is 5. The van der Waals surface area contributed by atoms with Crippen molar-refractivity contribution in [2.24, 2.45) is 0 Å². The molecular weight excluding hydrogens is 514 g/mol. The Morgan fingerprint density at radius 3 is 2.25 bits per heavy atom. The van der Waals surface area contributed by atoms with Crippen LogP contribution in [0, 0.1) is 6.92 Å². The molecule has 0 saturated heterocycles. The van der Waals surface area contributed by atoms with E-state index >= 15 is 0 Å². The Hall–Kier alpha value is -4.05. The molecule has 2 aromatic carbocycles. The molecule has 0 radical (unpaired) electrons. The highest BCUT2D eigenvalue weighted by molar-refractivity contribution is 5.96. The summed E-state index contributed by atoms with van der Waals surface area (Å²) in [6.45, 7) is 7.35. The zero-order chi connectivity index (χ0) is 28.8. The van der Waals surface area contributed by atoms with E-state index in [1.807, 2.05) is 87.0 Å². The van der Waals surface area contributed by atoms with Crippen LogP contribution in [0.15, 0.2) is 60.9 Å². The summed E-state index contributed by atoms with van der Waals surface area (Å²) < 4.78 is 34.7. The fourth-order valence-corrected chi connectivity index (χ4v) is 4.29. The monoisotopic (exact) mass is 550 g/mol. The van der Waals surface area contributed by atoms with Crippen molar-refractivity contribution in [3.8, 4) is 28.3 Å². The first kappa shape index (κ1) is 28.9. The minimum atomic E-state index is -2.50. The van der Waals surface area contributed by atoms with Gasteiger partial charge in [-0.15, -0.1) is 0 Å². The van der Waals surface area contributed by atoms with Gasteiger partial charge in [-0.25, -0.2) is 8.78 Å². The van der Waals surface area contributed by atoms with E-state index in [0.717, 1.165) is 41.0 Å². The zero-order valence-electron chi connectivity index (χ0n) is 23.6. The van der Waals surface area contributed by atoms with Gasteiger partial charge in [0.15, 0.2) is 0 Å². The maximum atomic E-state index is 13.4. The number of amides is 1. The fourth-order valence-electron chi connectivity index (χ4n) is 4.29. The lowest BCUT2D eigenvalue weighted by Gasteiger charge is -2.18. The third-order valence-corrected chi connectivity index (χ3v) is 6.59. The third-order valence-electron chi connectivity index (χ3n) is 6.59. The highest BCUT2D eigenvalue weighted by Gasteiger charge is 2.18. The van der Waals surface area contributed by atoms with Gasteiger partial charge in [-0.2, -0.15) is 10.2 Å². The molecule has 8 nitrogen and oxygen atoms in total. The number of carbonyl (C=O) groups is 1. The zero-order valence-corrected chi connectivity index (χ0v) is 23.6. The second-order valence-electron chi connectivity index (χ2n) is 10.0. The van der Waals surface area contributed by atoms with Crippen molar-refractivity contribution in [3.63, 3.8) is 0 Å². The predicted molar refractivity (Wildman–Crippen MR) is 152 cm³/mol. The van der Waals surface area contributed by atoms with E-state index in [9.17, 15) is 13.6 Å². The molecule has 0 fully saturated rings. The van der Waals surface area contributed by atoms with Crippen LogP contribution in [-0.2, 0) is 13.1 Å². The van der Waals surface area contributed by atoms with Crippen molar-refractivity contribution in [2.45, 2.75) is 46.3 Å². The van der Waals surface area contributed by atoms with E-state index in [0.29, 0.717) is 23.6 Å². The number of alkyl halides is 2. The molecule has 0 saturated carbocycles. The number of likely N-dealkylation sites (N-methyl/N-ethyl adjacent to an activating group) is 1. The van der Waals surface area contributed by atoms with Gasteiger partial charge in [0.25, 0.3) is 12.3 Å². The van der Waals surface area contributed by atoms with Crippen LogP contribution in [0.25, 0.3) is 22.5 Å². The van der Waals surface area contributed by atoms with E-state index in [2.05, 4.69) is 15.5 Å². The molecule has 40 heavy (non-hydrogen) atoms. The molecule has 0 aliphatic carbocycles. The molecule has 1 atom stereocenters. The summed E-state index contributed by atoms with van der Waals surface area (Å²) in [7, 11) is 3.95. The summed E-state index contributed by atoms with van der Waals surface area (Å²) in [5, 5.41) is 12.1. The first-order chi connectivity index (χ1) is 19.1. The van der Waals surface area contributed by atoms with Crippen molar-refractivity contribution < 1.29 is 18.3 Å². The van der Waals surface area contributed by atoms with Crippen LogP contribution in [0.5, 0.6) is 5.75 Å². The topological polar surface area (TPSA) is 77.2 Å². The summed E-state index contributed by atoms with van der Waals surface area (Å²) >= 11 is 0. The molecule has 2 aromatic heterocycles. The molecule has 1 amide bonds. The van der Waals surface area contributed by atoms with Crippen LogP contribution in [0.3, 0.4) is 0 Å². The maximum Gasteiger partial charge on any atom is 0.257 e. The number of ether oxygens (including phenoxy) is 1. The van der Waals surface area contributed by atoms with Crippen molar-refractivity contribution >= 4 is 5.91 Å². The Kier molecular flexibility index (Phi) is 9.31. The lowest BCUT2D eigenvalue weighted by atomic mass is 9.97. The number of nitrogens with one attached hydrogen (secondary N) is 1. The van der Waals surface area contributed by atoms with Crippen LogP contribution >= 0.6 is 0 Å². The number of halogens is 2. The number of carbonyl (C=O) groups excluding carboxylic acids is 1. The molecule has 1 N–H and O–H groups in total. The smallest absolute Gasteiger partial charge is 0.257 e. The van der Waals surface area contributed by atoms with E-state index in [-0.39, 0.29) is 11.9 Å². The first-order valence-corrected chi connectivity index (χ1v) is 13.3. The van der Waals surface area contributed by atoms with Gasteiger partial charge in [0, 0.05) is 42.2 Å². The number of nitrogens with zero attached hydrogens (tertiary/aromatic N) is 5. The molecular formula is C30H36F2N6O2. The van der Waals surface area contributed by atoms with Crippen molar-refractivity contribution in [3.05, 3.63) is 77.6 Å². The minimum Gasteiger partial charge on any atom is -0.492 e. The summed E-state index contributed by atoms with van der Waals surface area (Å²) in [5.41, 5.74) is 5.15. The van der Waals surface area contributed by atoms with Crippen LogP contribution in [-0.4, -0.2) is 64.0 Å². The number of hydrogen-bond donors (Lipinski definition) is 1. The summed E-state index contributed by atoms with van der Waals surface area (Å²) in [6, 6.07) is 14.6. The van der Waals surface area contributed by atoms with E-state index < -0.39 is 13.0 Å². The molecule has 10 heteroatoms. The quantitative estimate of drug-likeness (QED) is 0.254. The Morgan fingerprint density at radius 1 is 1.00 bits per heavy atom. The summed E-state index contributed by atoms with van der Waals surface area (Å²) in [4.78, 5) is 15.4. The van der Waals surface area contributed by atoms with Gasteiger partial charge in [-0.3, -0.25) is 14.2 Å². The van der Waals surface area contributed by atoms with Gasteiger partial charge in [-0.05, 0) is 88.5 Å². The van der Waals surface area contributed by atoms with Gasteiger partial charge in [0.05, 0.1) is 17.4 Å². The van der Waals surface area contributed by atoms with Crippen LogP contribution in [0.2, 0.25) is 0 Å². The van der Waals surface area contributed by atoms with Crippen LogP contribution in [0.4, 0.5) is 8.78 Å². The number of aromatic nitrogens is 4.